The number of carbonyl (C=O) groups excluding carboxylic acids is 1. The fraction of sp³-hybridized carbons (Fsp3) is 0.471. The molecule has 1 aromatic carbocycles. The first-order chi connectivity index (χ1) is 11.1. The van der Waals surface area contributed by atoms with Crippen molar-refractivity contribution in [3.63, 3.8) is 0 Å². The van der Waals surface area contributed by atoms with Crippen molar-refractivity contribution in [3.05, 3.63) is 35.7 Å². The molecule has 5 nitrogen and oxygen atoms in total. The van der Waals surface area contributed by atoms with Crippen molar-refractivity contribution < 1.29 is 9.21 Å². The second-order valence-electron chi connectivity index (χ2n) is 5.89. The lowest BCUT2D eigenvalue weighted by molar-refractivity contribution is 0.0738. The van der Waals surface area contributed by atoms with E-state index in [1.807, 2.05) is 48.0 Å². The lowest BCUT2D eigenvalue weighted by Crippen LogP contribution is -2.40. The van der Waals surface area contributed by atoms with Crippen molar-refractivity contribution in [3.8, 4) is 11.5 Å². The quantitative estimate of drug-likeness (QED) is 0.859. The molecule has 1 amide bonds. The molecular formula is C17H21N3O2S. The van der Waals surface area contributed by atoms with Crippen LogP contribution in [0.1, 0.15) is 35.5 Å². The molecule has 0 bridgehead atoms. The highest BCUT2D eigenvalue weighted by Crippen LogP contribution is 2.32. The third-order valence-electron chi connectivity index (χ3n) is 4.44. The summed E-state index contributed by atoms with van der Waals surface area (Å²) in [7, 11) is 1.91. The van der Waals surface area contributed by atoms with Crippen LogP contribution in [0.25, 0.3) is 11.5 Å². The van der Waals surface area contributed by atoms with Crippen molar-refractivity contribution in [1.29, 1.82) is 0 Å². The largest absolute Gasteiger partial charge is 0.421 e. The van der Waals surface area contributed by atoms with E-state index in [-0.39, 0.29) is 5.91 Å². The van der Waals surface area contributed by atoms with Crippen LogP contribution in [0.15, 0.2) is 28.7 Å². The predicted octanol–water partition coefficient (Wildman–Crippen LogP) is 3.40. The molecule has 0 unspecified atom stereocenters. The van der Waals surface area contributed by atoms with Crippen LogP contribution in [0.4, 0.5) is 0 Å². The number of rotatable bonds is 4. The summed E-state index contributed by atoms with van der Waals surface area (Å²) in [5, 5.41) is 8.37. The highest BCUT2D eigenvalue weighted by Gasteiger charge is 2.32. The van der Waals surface area contributed by atoms with Gasteiger partial charge in [-0.1, -0.05) is 6.42 Å². The van der Waals surface area contributed by atoms with Gasteiger partial charge in [0.1, 0.15) is 0 Å². The average Bonchev–Trinajstić information content (AvgIpc) is 3.22. The number of thioether (sulfide) groups is 1. The Morgan fingerprint density at radius 3 is 2.61 bits per heavy atom. The molecule has 0 spiro atoms. The average molecular weight is 331 g/mol. The van der Waals surface area contributed by atoms with E-state index in [2.05, 4.69) is 16.5 Å². The summed E-state index contributed by atoms with van der Waals surface area (Å²) in [6, 6.07) is 7.70. The Morgan fingerprint density at radius 2 is 2.00 bits per heavy atom. The molecule has 23 heavy (non-hydrogen) atoms. The number of nitrogens with zero attached hydrogens (tertiary/aromatic N) is 3. The topological polar surface area (TPSA) is 59.2 Å². The SMILES string of the molecule is CS[C@H]1CCC[C@H]1N(C)C(=O)c1ccc(-c2nnc(C)o2)cc1. The molecular weight excluding hydrogens is 310 g/mol. The molecule has 1 saturated carbocycles. The van der Waals surface area contributed by atoms with Gasteiger partial charge in [0.25, 0.3) is 5.91 Å². The zero-order valence-electron chi connectivity index (χ0n) is 13.7. The summed E-state index contributed by atoms with van der Waals surface area (Å²) in [4.78, 5) is 14.6. The maximum Gasteiger partial charge on any atom is 0.253 e. The van der Waals surface area contributed by atoms with Gasteiger partial charge < -0.3 is 9.32 Å². The van der Waals surface area contributed by atoms with Crippen LogP contribution in [0, 0.1) is 6.92 Å². The van der Waals surface area contributed by atoms with E-state index < -0.39 is 0 Å². The lowest BCUT2D eigenvalue weighted by atomic mass is 10.1. The van der Waals surface area contributed by atoms with Crippen LogP contribution in [-0.4, -0.2) is 45.6 Å². The maximum absolute atomic E-state index is 12.7. The molecule has 1 fully saturated rings. The first kappa shape index (κ1) is 16.1. The van der Waals surface area contributed by atoms with Gasteiger partial charge in [-0.2, -0.15) is 11.8 Å². The Labute approximate surface area is 140 Å². The van der Waals surface area contributed by atoms with Gasteiger partial charge in [-0.3, -0.25) is 4.79 Å². The minimum Gasteiger partial charge on any atom is -0.421 e. The molecule has 0 aliphatic heterocycles. The zero-order chi connectivity index (χ0) is 16.4. The fourth-order valence-corrected chi connectivity index (χ4v) is 4.18. The second-order valence-corrected chi connectivity index (χ2v) is 6.97. The van der Waals surface area contributed by atoms with E-state index in [1.165, 1.54) is 12.8 Å². The molecule has 1 aliphatic rings. The van der Waals surface area contributed by atoms with Crippen LogP contribution in [0.3, 0.4) is 0 Å². The molecule has 1 heterocycles. The van der Waals surface area contributed by atoms with Crippen molar-refractivity contribution >= 4 is 17.7 Å². The Hall–Kier alpha value is -1.82. The van der Waals surface area contributed by atoms with Gasteiger partial charge in [0.15, 0.2) is 0 Å². The van der Waals surface area contributed by atoms with Crippen molar-refractivity contribution in [2.45, 2.75) is 37.5 Å². The van der Waals surface area contributed by atoms with E-state index in [0.717, 1.165) is 12.0 Å². The minimum absolute atomic E-state index is 0.0733. The smallest absolute Gasteiger partial charge is 0.253 e. The third kappa shape index (κ3) is 3.27. The van der Waals surface area contributed by atoms with Crippen LogP contribution in [0.2, 0.25) is 0 Å². The van der Waals surface area contributed by atoms with Gasteiger partial charge in [0.05, 0.1) is 0 Å². The number of aromatic nitrogens is 2. The van der Waals surface area contributed by atoms with E-state index >= 15 is 0 Å². The standard InChI is InChI=1S/C17H21N3O2S/c1-11-18-19-16(22-11)12-7-9-13(10-8-12)17(21)20(2)14-5-4-6-15(14)23-3/h7-10,14-15H,4-6H2,1-3H3/t14-,15+/m1/s1. The number of carbonyl (C=O) groups is 1. The number of hydrogen-bond acceptors (Lipinski definition) is 5. The van der Waals surface area contributed by atoms with Crippen molar-refractivity contribution in [1.82, 2.24) is 15.1 Å². The summed E-state index contributed by atoms with van der Waals surface area (Å²) < 4.78 is 5.41. The van der Waals surface area contributed by atoms with Crippen LogP contribution >= 0.6 is 11.8 Å². The molecule has 0 N–H and O–H groups in total. The highest BCUT2D eigenvalue weighted by molar-refractivity contribution is 7.99. The van der Waals surface area contributed by atoms with Crippen molar-refractivity contribution in [2.24, 2.45) is 0 Å². The number of aryl methyl sites for hydroxylation is 1. The van der Waals surface area contributed by atoms with Gasteiger partial charge in [-0.25, -0.2) is 0 Å². The Balaban J connectivity index is 1.75. The first-order valence-corrected chi connectivity index (χ1v) is 9.09. The maximum atomic E-state index is 12.7. The molecule has 2 aromatic rings. The summed E-state index contributed by atoms with van der Waals surface area (Å²) in [6.07, 6.45) is 5.61. The minimum atomic E-state index is 0.0733. The Kier molecular flexibility index (Phi) is 4.71. The molecule has 2 atom stereocenters. The molecule has 0 saturated heterocycles. The fourth-order valence-electron chi connectivity index (χ4n) is 3.15. The molecule has 3 rings (SSSR count). The highest BCUT2D eigenvalue weighted by atomic mass is 32.2. The van der Waals surface area contributed by atoms with E-state index in [1.54, 1.807) is 6.92 Å². The predicted molar refractivity (Wildman–Crippen MR) is 91.5 cm³/mol. The third-order valence-corrected chi connectivity index (χ3v) is 5.60. The zero-order valence-corrected chi connectivity index (χ0v) is 14.5. The van der Waals surface area contributed by atoms with Crippen LogP contribution < -0.4 is 0 Å². The first-order valence-electron chi connectivity index (χ1n) is 7.80. The normalized spacial score (nSPS) is 20.7. The summed E-state index contributed by atoms with van der Waals surface area (Å²) >= 11 is 1.86. The van der Waals surface area contributed by atoms with Gasteiger partial charge in [-0.15, -0.1) is 10.2 Å². The Bertz CT molecular complexity index is 683. The number of hydrogen-bond donors (Lipinski definition) is 0. The molecule has 1 aliphatic carbocycles. The van der Waals surface area contributed by atoms with Gasteiger partial charge in [0, 0.05) is 36.4 Å². The molecule has 122 valence electrons. The lowest BCUT2D eigenvalue weighted by Gasteiger charge is -2.29. The monoisotopic (exact) mass is 331 g/mol. The van der Waals surface area contributed by atoms with Crippen LogP contribution in [0.5, 0.6) is 0 Å². The number of benzene rings is 1. The van der Waals surface area contributed by atoms with Crippen molar-refractivity contribution in [2.75, 3.05) is 13.3 Å². The summed E-state index contributed by atoms with van der Waals surface area (Å²) in [5.74, 6) is 1.08. The Morgan fingerprint density at radius 1 is 1.26 bits per heavy atom. The van der Waals surface area contributed by atoms with Crippen LogP contribution in [-0.2, 0) is 0 Å². The van der Waals surface area contributed by atoms with E-state index in [0.29, 0.717) is 28.6 Å². The molecule has 1 aromatic heterocycles. The van der Waals surface area contributed by atoms with E-state index in [4.69, 9.17) is 4.42 Å². The van der Waals surface area contributed by atoms with E-state index in [9.17, 15) is 4.79 Å². The number of amides is 1. The summed E-state index contributed by atoms with van der Waals surface area (Å²) in [5.41, 5.74) is 1.52. The van der Waals surface area contributed by atoms with Gasteiger partial charge in [-0.05, 0) is 43.4 Å². The molecule has 6 heteroatoms. The van der Waals surface area contributed by atoms with Gasteiger partial charge >= 0.3 is 0 Å². The summed E-state index contributed by atoms with van der Waals surface area (Å²) in [6.45, 7) is 1.76. The molecule has 0 radical (unpaired) electrons. The second kappa shape index (κ2) is 6.74. The van der Waals surface area contributed by atoms with Gasteiger partial charge in [0.2, 0.25) is 11.8 Å².